The van der Waals surface area contributed by atoms with Crippen molar-refractivity contribution in [3.8, 4) is 0 Å². The van der Waals surface area contributed by atoms with Crippen molar-refractivity contribution in [1.29, 1.82) is 0 Å². The standard InChI is InChI=1S/C21H21N3O/c1-2-21(25)24(20-14-23-19-10-6-4-8-17(19)20)12-11-15-13-22-18-9-5-3-7-16(15)18/h3-10,13-14,22-23H,2,11-12H2,1H3. The van der Waals surface area contributed by atoms with Crippen LogP contribution in [0.5, 0.6) is 0 Å². The number of rotatable bonds is 5. The fraction of sp³-hybridized carbons (Fsp3) is 0.190. The maximum atomic E-state index is 12.6. The first-order valence-corrected chi connectivity index (χ1v) is 8.69. The number of H-pyrrole nitrogens is 2. The average Bonchev–Trinajstić information content (AvgIpc) is 3.26. The highest BCUT2D eigenvalue weighted by Gasteiger charge is 2.18. The third-order valence-corrected chi connectivity index (χ3v) is 4.74. The maximum Gasteiger partial charge on any atom is 0.226 e. The molecule has 4 rings (SSSR count). The Kier molecular flexibility index (Phi) is 4.02. The molecule has 0 atom stereocenters. The van der Waals surface area contributed by atoms with Gasteiger partial charge in [0.25, 0.3) is 0 Å². The van der Waals surface area contributed by atoms with Crippen molar-refractivity contribution in [2.24, 2.45) is 0 Å². The Morgan fingerprint density at radius 3 is 2.32 bits per heavy atom. The average molecular weight is 331 g/mol. The topological polar surface area (TPSA) is 51.9 Å². The molecule has 2 heterocycles. The zero-order chi connectivity index (χ0) is 17.2. The lowest BCUT2D eigenvalue weighted by molar-refractivity contribution is -0.118. The minimum absolute atomic E-state index is 0.143. The minimum Gasteiger partial charge on any atom is -0.361 e. The highest BCUT2D eigenvalue weighted by Crippen LogP contribution is 2.28. The Morgan fingerprint density at radius 2 is 1.56 bits per heavy atom. The lowest BCUT2D eigenvalue weighted by atomic mass is 10.1. The van der Waals surface area contributed by atoms with Crippen molar-refractivity contribution < 1.29 is 4.79 Å². The van der Waals surface area contributed by atoms with Crippen molar-refractivity contribution in [2.75, 3.05) is 11.4 Å². The largest absolute Gasteiger partial charge is 0.361 e. The third-order valence-electron chi connectivity index (χ3n) is 4.74. The predicted octanol–water partition coefficient (Wildman–Crippen LogP) is 4.63. The third kappa shape index (κ3) is 2.80. The molecule has 4 heteroatoms. The van der Waals surface area contributed by atoms with Gasteiger partial charge in [0.2, 0.25) is 5.91 Å². The van der Waals surface area contributed by atoms with E-state index in [1.165, 1.54) is 10.9 Å². The molecule has 2 aromatic carbocycles. The molecule has 0 aliphatic carbocycles. The molecule has 0 saturated heterocycles. The Morgan fingerprint density at radius 1 is 0.920 bits per heavy atom. The molecule has 1 amide bonds. The number of anilines is 1. The summed E-state index contributed by atoms with van der Waals surface area (Å²) in [5.41, 5.74) is 4.39. The number of amides is 1. The van der Waals surface area contributed by atoms with Crippen LogP contribution in [0.15, 0.2) is 60.9 Å². The van der Waals surface area contributed by atoms with Crippen LogP contribution in [0.1, 0.15) is 18.9 Å². The van der Waals surface area contributed by atoms with Crippen LogP contribution in [0.2, 0.25) is 0 Å². The summed E-state index contributed by atoms with van der Waals surface area (Å²) in [4.78, 5) is 21.1. The van der Waals surface area contributed by atoms with E-state index in [0.29, 0.717) is 13.0 Å². The highest BCUT2D eigenvalue weighted by molar-refractivity contribution is 6.03. The van der Waals surface area contributed by atoms with E-state index >= 15 is 0 Å². The van der Waals surface area contributed by atoms with Gasteiger partial charge in [-0.15, -0.1) is 0 Å². The molecule has 4 nitrogen and oxygen atoms in total. The first-order chi connectivity index (χ1) is 12.3. The number of hydrogen-bond donors (Lipinski definition) is 2. The summed E-state index contributed by atoms with van der Waals surface area (Å²) in [6, 6.07) is 16.4. The zero-order valence-electron chi connectivity index (χ0n) is 14.3. The maximum absolute atomic E-state index is 12.6. The number of aromatic nitrogens is 2. The molecular weight excluding hydrogens is 310 g/mol. The van der Waals surface area contributed by atoms with Crippen molar-refractivity contribution in [3.05, 3.63) is 66.5 Å². The summed E-state index contributed by atoms with van der Waals surface area (Å²) in [7, 11) is 0. The summed E-state index contributed by atoms with van der Waals surface area (Å²) < 4.78 is 0. The van der Waals surface area contributed by atoms with E-state index in [0.717, 1.165) is 28.5 Å². The van der Waals surface area contributed by atoms with Crippen LogP contribution in [0.4, 0.5) is 5.69 Å². The number of hydrogen-bond acceptors (Lipinski definition) is 1. The highest BCUT2D eigenvalue weighted by atomic mass is 16.2. The first kappa shape index (κ1) is 15.5. The van der Waals surface area contributed by atoms with Gasteiger partial charge in [-0.2, -0.15) is 0 Å². The van der Waals surface area contributed by atoms with E-state index in [-0.39, 0.29) is 5.91 Å². The number of carbonyl (C=O) groups excluding carboxylic acids is 1. The van der Waals surface area contributed by atoms with Crippen LogP contribution in [0.3, 0.4) is 0 Å². The van der Waals surface area contributed by atoms with Crippen LogP contribution in [0, 0.1) is 0 Å². The lowest BCUT2D eigenvalue weighted by Crippen LogP contribution is -2.32. The van der Waals surface area contributed by atoms with Crippen LogP contribution in [-0.2, 0) is 11.2 Å². The molecule has 0 unspecified atom stereocenters. The SMILES string of the molecule is CCC(=O)N(CCc1c[nH]c2ccccc12)c1c[nH]c2ccccc12. The number of nitrogens with zero attached hydrogens (tertiary/aromatic N) is 1. The summed E-state index contributed by atoms with van der Waals surface area (Å²) in [5.74, 6) is 0.143. The molecule has 0 aliphatic heterocycles. The predicted molar refractivity (Wildman–Crippen MR) is 103 cm³/mol. The van der Waals surface area contributed by atoms with Crippen molar-refractivity contribution in [1.82, 2.24) is 9.97 Å². The smallest absolute Gasteiger partial charge is 0.226 e. The Balaban J connectivity index is 1.65. The molecule has 0 bridgehead atoms. The molecule has 0 saturated carbocycles. The van der Waals surface area contributed by atoms with Crippen LogP contribution >= 0.6 is 0 Å². The fourth-order valence-corrected chi connectivity index (χ4v) is 3.42. The summed E-state index contributed by atoms with van der Waals surface area (Å²) in [6.07, 6.45) is 5.30. The number of aromatic amines is 2. The van der Waals surface area contributed by atoms with E-state index in [4.69, 9.17) is 0 Å². The van der Waals surface area contributed by atoms with Gasteiger partial charge in [0.05, 0.1) is 5.69 Å². The number of carbonyl (C=O) groups is 1. The summed E-state index contributed by atoms with van der Waals surface area (Å²) >= 11 is 0. The number of nitrogens with one attached hydrogen (secondary N) is 2. The molecule has 2 N–H and O–H groups in total. The normalized spacial score (nSPS) is 11.2. The van der Waals surface area contributed by atoms with E-state index in [1.54, 1.807) is 0 Å². The fourth-order valence-electron chi connectivity index (χ4n) is 3.42. The van der Waals surface area contributed by atoms with Crippen LogP contribution < -0.4 is 4.90 Å². The van der Waals surface area contributed by atoms with Gasteiger partial charge >= 0.3 is 0 Å². The van der Waals surface area contributed by atoms with Crippen molar-refractivity contribution in [2.45, 2.75) is 19.8 Å². The minimum atomic E-state index is 0.143. The van der Waals surface area contributed by atoms with E-state index < -0.39 is 0 Å². The van der Waals surface area contributed by atoms with E-state index in [1.807, 2.05) is 48.4 Å². The van der Waals surface area contributed by atoms with Gasteiger partial charge < -0.3 is 14.9 Å². The molecule has 126 valence electrons. The Hall–Kier alpha value is -3.01. The van der Waals surface area contributed by atoms with Gasteiger partial charge in [-0.1, -0.05) is 43.3 Å². The number of benzene rings is 2. The quantitative estimate of drug-likeness (QED) is 0.550. The summed E-state index contributed by atoms with van der Waals surface area (Å²) in [6.45, 7) is 2.58. The zero-order valence-corrected chi connectivity index (χ0v) is 14.3. The van der Waals surface area contributed by atoms with Gasteiger partial charge in [0.15, 0.2) is 0 Å². The molecule has 0 fully saturated rings. The van der Waals surface area contributed by atoms with E-state index in [2.05, 4.69) is 34.4 Å². The lowest BCUT2D eigenvalue weighted by Gasteiger charge is -2.21. The summed E-state index contributed by atoms with van der Waals surface area (Å²) in [5, 5.41) is 2.31. The molecule has 2 aromatic heterocycles. The molecule has 0 spiro atoms. The molecule has 25 heavy (non-hydrogen) atoms. The molecule has 0 radical (unpaired) electrons. The van der Waals surface area contributed by atoms with Crippen molar-refractivity contribution >= 4 is 33.4 Å². The molecule has 4 aromatic rings. The van der Waals surface area contributed by atoms with Crippen molar-refractivity contribution in [3.63, 3.8) is 0 Å². The second-order valence-corrected chi connectivity index (χ2v) is 6.23. The van der Waals surface area contributed by atoms with E-state index in [9.17, 15) is 4.79 Å². The second kappa shape index (κ2) is 6.48. The molecular formula is C21H21N3O. The van der Waals surface area contributed by atoms with Gasteiger partial charge in [-0.05, 0) is 24.1 Å². The Bertz CT molecular complexity index is 1030. The van der Waals surface area contributed by atoms with Gasteiger partial charge in [-0.3, -0.25) is 4.79 Å². The van der Waals surface area contributed by atoms with Gasteiger partial charge in [-0.25, -0.2) is 0 Å². The van der Waals surface area contributed by atoms with Crippen LogP contribution in [-0.4, -0.2) is 22.4 Å². The number of fused-ring (bicyclic) bond motifs is 2. The monoisotopic (exact) mass is 331 g/mol. The van der Waals surface area contributed by atoms with Gasteiger partial charge in [0, 0.05) is 47.2 Å². The molecule has 0 aliphatic rings. The van der Waals surface area contributed by atoms with Gasteiger partial charge in [0.1, 0.15) is 0 Å². The second-order valence-electron chi connectivity index (χ2n) is 6.23. The number of para-hydroxylation sites is 2. The first-order valence-electron chi connectivity index (χ1n) is 8.69. The Labute approximate surface area is 146 Å². The van der Waals surface area contributed by atoms with Crippen LogP contribution in [0.25, 0.3) is 21.8 Å².